The number of benzene rings is 1. The van der Waals surface area contributed by atoms with Gasteiger partial charge in [0.15, 0.2) is 6.20 Å². The predicted molar refractivity (Wildman–Crippen MR) is 174 cm³/mol. The summed E-state index contributed by atoms with van der Waals surface area (Å²) in [5, 5.41) is 2.06. The first-order valence-electron chi connectivity index (χ1n) is 16.6. The van der Waals surface area contributed by atoms with Crippen LogP contribution in [0, 0.1) is 12.8 Å². The first kappa shape index (κ1) is 38.2. The highest BCUT2D eigenvalue weighted by atomic mass is 32.2. The van der Waals surface area contributed by atoms with Gasteiger partial charge in [-0.1, -0.05) is 113 Å². The standard InChI is InChI=1S/C27H48NO4S.C7H8O3S/c1-2-3-4-5-6-7-8-9-10-11-12-13-16-25-21-26(31-22-25)23-32-27(29)30-19-15-14-17-28-18-20-33-24-28;1-6-2-4-7(5-3-6)11(8,9)10/h18,20,24-26H,2-17,19,21-23H2,1H3;2-5H,1H3,(H,8,9,10)/q+1;/p-1. The Morgan fingerprint density at radius 3 is 2.16 bits per heavy atom. The summed E-state index contributed by atoms with van der Waals surface area (Å²) in [4.78, 5) is 11.6. The SMILES string of the molecule is CCCCCCCCCCCCCCC1COC(COC(=O)OCCCC[n+]2ccsc2)C1.Cc1ccc(S(=O)(=O)[O-])cc1. The molecule has 250 valence electrons. The van der Waals surface area contributed by atoms with E-state index in [0.29, 0.717) is 19.1 Å². The number of nitrogens with zero attached hydrogens (tertiary/aromatic N) is 1. The fraction of sp³-hybridized carbons (Fsp3) is 0.706. The largest absolute Gasteiger partial charge is 0.744 e. The lowest BCUT2D eigenvalue weighted by atomic mass is 9.97. The van der Waals surface area contributed by atoms with Gasteiger partial charge in [0, 0.05) is 6.42 Å². The molecule has 1 aliphatic heterocycles. The van der Waals surface area contributed by atoms with Crippen molar-refractivity contribution in [2.45, 2.75) is 134 Å². The molecular formula is C34H55NO7S2. The van der Waals surface area contributed by atoms with Crippen LogP contribution in [0.5, 0.6) is 0 Å². The highest BCUT2D eigenvalue weighted by Crippen LogP contribution is 2.25. The first-order chi connectivity index (χ1) is 21.3. The van der Waals surface area contributed by atoms with Crippen LogP contribution in [0.1, 0.15) is 115 Å². The van der Waals surface area contributed by atoms with Gasteiger partial charge in [0.25, 0.3) is 0 Å². The number of carbonyl (C=O) groups excluding carboxylic acids is 1. The number of hydrogen-bond donors (Lipinski definition) is 0. The molecule has 44 heavy (non-hydrogen) atoms. The molecule has 0 N–H and O–H groups in total. The maximum Gasteiger partial charge on any atom is 0.508 e. The Bertz CT molecular complexity index is 1090. The van der Waals surface area contributed by atoms with Crippen LogP contribution in [0.25, 0.3) is 0 Å². The number of rotatable bonds is 21. The zero-order valence-corrected chi connectivity index (χ0v) is 28.6. The van der Waals surface area contributed by atoms with E-state index in [1.54, 1.807) is 23.5 Å². The van der Waals surface area contributed by atoms with Gasteiger partial charge in [-0.25, -0.2) is 13.2 Å². The number of carbonyl (C=O) groups is 1. The Morgan fingerprint density at radius 2 is 1.57 bits per heavy atom. The molecule has 0 bridgehead atoms. The molecule has 0 aliphatic carbocycles. The third-order valence-corrected chi connectivity index (χ3v) is 9.41. The summed E-state index contributed by atoms with van der Waals surface area (Å²) in [6, 6.07) is 5.78. The summed E-state index contributed by atoms with van der Waals surface area (Å²) < 4.78 is 49.6. The van der Waals surface area contributed by atoms with Crippen molar-refractivity contribution in [3.05, 3.63) is 46.9 Å². The van der Waals surface area contributed by atoms with E-state index >= 15 is 0 Å². The summed E-state index contributed by atoms with van der Waals surface area (Å²) in [5.74, 6) is 0.618. The van der Waals surface area contributed by atoms with Crippen molar-refractivity contribution in [1.29, 1.82) is 0 Å². The van der Waals surface area contributed by atoms with Gasteiger partial charge in [-0.05, 0) is 44.2 Å². The van der Waals surface area contributed by atoms with Gasteiger partial charge in [-0.2, -0.15) is 4.57 Å². The Labute approximate surface area is 270 Å². The molecule has 0 spiro atoms. The van der Waals surface area contributed by atoms with Gasteiger partial charge in [-0.15, -0.1) is 0 Å². The lowest BCUT2D eigenvalue weighted by Gasteiger charge is -2.11. The molecule has 1 aliphatic rings. The van der Waals surface area contributed by atoms with Crippen LogP contribution in [-0.4, -0.2) is 45.1 Å². The maximum atomic E-state index is 11.8. The second kappa shape index (κ2) is 23.3. The lowest BCUT2D eigenvalue weighted by molar-refractivity contribution is -0.692. The Balaban J connectivity index is 0.000000514. The number of aryl methyl sites for hydroxylation is 2. The minimum absolute atomic E-state index is 0.0369. The molecule has 10 heteroatoms. The van der Waals surface area contributed by atoms with Crippen molar-refractivity contribution in [3.8, 4) is 0 Å². The first-order valence-corrected chi connectivity index (χ1v) is 19.0. The Hall–Kier alpha value is -2.01. The van der Waals surface area contributed by atoms with Gasteiger partial charge in [0.2, 0.25) is 5.51 Å². The normalized spacial score (nSPS) is 16.3. The van der Waals surface area contributed by atoms with E-state index in [0.717, 1.165) is 38.0 Å². The molecule has 0 saturated carbocycles. The van der Waals surface area contributed by atoms with Gasteiger partial charge < -0.3 is 18.8 Å². The molecule has 0 amide bonds. The van der Waals surface area contributed by atoms with Gasteiger partial charge in [-0.3, -0.25) is 0 Å². The molecule has 2 heterocycles. The van der Waals surface area contributed by atoms with Crippen LogP contribution in [-0.2, 0) is 30.9 Å². The van der Waals surface area contributed by atoms with Crippen LogP contribution in [0.2, 0.25) is 0 Å². The van der Waals surface area contributed by atoms with Crippen LogP contribution in [0.4, 0.5) is 4.79 Å². The number of ether oxygens (including phenoxy) is 3. The molecule has 1 aromatic carbocycles. The summed E-state index contributed by atoms with van der Waals surface area (Å²) in [6.45, 7) is 6.59. The predicted octanol–water partition coefficient (Wildman–Crippen LogP) is 8.36. The molecule has 0 radical (unpaired) electrons. The molecule has 1 fully saturated rings. The molecule has 1 aromatic heterocycles. The minimum Gasteiger partial charge on any atom is -0.744 e. The average molecular weight is 654 g/mol. The molecule has 3 rings (SSSR count). The van der Waals surface area contributed by atoms with E-state index in [2.05, 4.69) is 28.6 Å². The van der Waals surface area contributed by atoms with Crippen LogP contribution in [0.15, 0.2) is 46.2 Å². The third-order valence-electron chi connectivity index (χ3n) is 7.88. The molecule has 2 unspecified atom stereocenters. The summed E-state index contributed by atoms with van der Waals surface area (Å²) >= 11 is 1.68. The van der Waals surface area contributed by atoms with E-state index < -0.39 is 16.3 Å². The van der Waals surface area contributed by atoms with Crippen molar-refractivity contribution < 1.29 is 36.5 Å². The highest BCUT2D eigenvalue weighted by Gasteiger charge is 2.26. The second-order valence-electron chi connectivity index (χ2n) is 11.9. The van der Waals surface area contributed by atoms with Crippen molar-refractivity contribution in [2.75, 3.05) is 19.8 Å². The zero-order chi connectivity index (χ0) is 31.9. The van der Waals surface area contributed by atoms with Crippen molar-refractivity contribution in [1.82, 2.24) is 0 Å². The summed E-state index contributed by atoms with van der Waals surface area (Å²) in [7, 11) is -4.27. The van der Waals surface area contributed by atoms with E-state index in [1.165, 1.54) is 95.6 Å². The third kappa shape index (κ3) is 18.7. The molecule has 1 saturated heterocycles. The Kier molecular flexibility index (Phi) is 20.3. The van der Waals surface area contributed by atoms with E-state index in [1.807, 2.05) is 6.92 Å². The van der Waals surface area contributed by atoms with Gasteiger partial charge >= 0.3 is 6.16 Å². The quantitative estimate of drug-likeness (QED) is 0.0577. The highest BCUT2D eigenvalue weighted by molar-refractivity contribution is 7.85. The van der Waals surface area contributed by atoms with E-state index in [9.17, 15) is 17.8 Å². The summed E-state index contributed by atoms with van der Waals surface area (Å²) in [6.07, 6.45) is 22.3. The smallest absolute Gasteiger partial charge is 0.508 e. The van der Waals surface area contributed by atoms with E-state index in [-0.39, 0.29) is 11.0 Å². The van der Waals surface area contributed by atoms with Gasteiger partial charge in [0.1, 0.15) is 23.3 Å². The number of hydrogen-bond acceptors (Lipinski definition) is 8. The second-order valence-corrected chi connectivity index (χ2v) is 14.0. The average Bonchev–Trinajstić information content (AvgIpc) is 3.69. The van der Waals surface area contributed by atoms with Crippen molar-refractivity contribution >= 4 is 27.6 Å². The molecule has 8 nitrogen and oxygen atoms in total. The van der Waals surface area contributed by atoms with Crippen LogP contribution in [0.3, 0.4) is 0 Å². The number of thiazole rings is 1. The topological polar surface area (TPSA) is 106 Å². The molecular weight excluding hydrogens is 599 g/mol. The lowest BCUT2D eigenvalue weighted by Crippen LogP contribution is -2.29. The Morgan fingerprint density at radius 1 is 0.932 bits per heavy atom. The fourth-order valence-electron chi connectivity index (χ4n) is 5.22. The van der Waals surface area contributed by atoms with E-state index in [4.69, 9.17) is 14.2 Å². The minimum atomic E-state index is -4.27. The van der Waals surface area contributed by atoms with Crippen LogP contribution < -0.4 is 4.57 Å². The van der Waals surface area contributed by atoms with Crippen LogP contribution >= 0.6 is 11.3 Å². The zero-order valence-electron chi connectivity index (χ0n) is 27.0. The maximum absolute atomic E-state index is 11.8. The number of unbranched alkanes of at least 4 members (excludes halogenated alkanes) is 12. The summed E-state index contributed by atoms with van der Waals surface area (Å²) in [5.41, 5.74) is 3.01. The molecule has 2 atom stereocenters. The number of aromatic nitrogens is 1. The monoisotopic (exact) mass is 653 g/mol. The van der Waals surface area contributed by atoms with Crippen molar-refractivity contribution in [3.63, 3.8) is 0 Å². The van der Waals surface area contributed by atoms with Crippen molar-refractivity contribution in [2.24, 2.45) is 5.92 Å². The fourth-order valence-corrected chi connectivity index (χ4v) is 6.32. The molecule has 2 aromatic rings. The van der Waals surface area contributed by atoms with Gasteiger partial charge in [0.05, 0.1) is 29.6 Å².